The summed E-state index contributed by atoms with van der Waals surface area (Å²) in [4.78, 5) is 10.6. The van der Waals surface area contributed by atoms with Crippen molar-refractivity contribution in [3.05, 3.63) is 29.8 Å². The molecule has 1 amide bonds. The van der Waals surface area contributed by atoms with Gasteiger partial charge in [-0.1, -0.05) is 13.0 Å². The molecular formula is C14H16F3NO4S. The third kappa shape index (κ3) is 4.44. The van der Waals surface area contributed by atoms with E-state index in [0.29, 0.717) is 6.07 Å². The number of carbonyl (C=O) groups is 1. The Hall–Kier alpha value is -1.61. The molecular weight excluding hydrogens is 335 g/mol. The molecule has 1 aliphatic rings. The van der Waals surface area contributed by atoms with Gasteiger partial charge in [0.25, 0.3) is 0 Å². The molecule has 0 spiro atoms. The molecule has 2 unspecified atom stereocenters. The van der Waals surface area contributed by atoms with E-state index >= 15 is 0 Å². The maximum absolute atomic E-state index is 12.7. The van der Waals surface area contributed by atoms with Crippen LogP contribution in [0.2, 0.25) is 0 Å². The van der Waals surface area contributed by atoms with Gasteiger partial charge in [0, 0.05) is 6.54 Å². The Morgan fingerprint density at radius 3 is 2.65 bits per heavy atom. The number of ether oxygens (including phenoxy) is 1. The molecule has 1 aromatic carbocycles. The molecule has 1 aliphatic heterocycles. The van der Waals surface area contributed by atoms with E-state index in [1.807, 2.05) is 0 Å². The summed E-state index contributed by atoms with van der Waals surface area (Å²) in [6.45, 7) is 1.64. The number of hydrogen-bond donors (Lipinski definition) is 1. The van der Waals surface area contributed by atoms with Crippen LogP contribution in [0.15, 0.2) is 29.2 Å². The predicted molar refractivity (Wildman–Crippen MR) is 75.4 cm³/mol. The number of halogens is 3. The molecule has 23 heavy (non-hydrogen) atoms. The van der Waals surface area contributed by atoms with Crippen molar-refractivity contribution in [1.29, 1.82) is 0 Å². The van der Waals surface area contributed by atoms with Crippen molar-refractivity contribution >= 4 is 15.7 Å². The van der Waals surface area contributed by atoms with E-state index in [2.05, 4.69) is 5.32 Å². The zero-order valence-corrected chi connectivity index (χ0v) is 13.1. The summed E-state index contributed by atoms with van der Waals surface area (Å²) in [5, 5.41) is 2.56. The van der Waals surface area contributed by atoms with E-state index in [9.17, 15) is 26.4 Å². The van der Waals surface area contributed by atoms with Gasteiger partial charge < -0.3 is 10.1 Å². The van der Waals surface area contributed by atoms with Gasteiger partial charge in [0.15, 0.2) is 9.84 Å². The number of benzene rings is 1. The van der Waals surface area contributed by atoms with Crippen LogP contribution in [0.4, 0.5) is 13.2 Å². The number of sulfone groups is 1. The minimum Gasteiger partial charge on any atom is -0.366 e. The van der Waals surface area contributed by atoms with Crippen LogP contribution in [0.25, 0.3) is 0 Å². The highest BCUT2D eigenvalue weighted by Crippen LogP contribution is 2.31. The van der Waals surface area contributed by atoms with E-state index in [1.54, 1.807) is 6.92 Å². The lowest BCUT2D eigenvalue weighted by molar-refractivity contribution is -0.137. The lowest BCUT2D eigenvalue weighted by Gasteiger charge is -2.28. The summed E-state index contributed by atoms with van der Waals surface area (Å²) < 4.78 is 68.0. The Bertz CT molecular complexity index is 678. The highest BCUT2D eigenvalue weighted by molar-refractivity contribution is 7.91. The first-order chi connectivity index (χ1) is 10.6. The second-order valence-corrected chi connectivity index (χ2v) is 7.47. The van der Waals surface area contributed by atoms with Crippen molar-refractivity contribution in [2.75, 3.05) is 18.9 Å². The molecule has 1 fully saturated rings. The standard InChI is InChI=1S/C14H16F3NO4S/c1-9(12-6-18-13(19)7-22-12)8-23(20,21)11-4-2-3-10(5-11)14(15,16)17/h2-5,9,12H,6-8H2,1H3,(H,18,19). The Kier molecular flexibility index (Phi) is 5.00. The van der Waals surface area contributed by atoms with Crippen LogP contribution >= 0.6 is 0 Å². The molecule has 0 aromatic heterocycles. The number of hydrogen-bond acceptors (Lipinski definition) is 4. The molecule has 1 N–H and O–H groups in total. The van der Waals surface area contributed by atoms with E-state index in [1.165, 1.54) is 0 Å². The van der Waals surface area contributed by atoms with E-state index < -0.39 is 33.6 Å². The third-order valence-corrected chi connectivity index (χ3v) is 5.50. The molecule has 0 bridgehead atoms. The van der Waals surface area contributed by atoms with Gasteiger partial charge in [-0.15, -0.1) is 0 Å². The quantitative estimate of drug-likeness (QED) is 0.895. The molecule has 0 radical (unpaired) electrons. The van der Waals surface area contributed by atoms with Crippen molar-refractivity contribution in [2.45, 2.75) is 24.1 Å². The summed E-state index contributed by atoms with van der Waals surface area (Å²) >= 11 is 0. The highest BCUT2D eigenvalue weighted by Gasteiger charge is 2.33. The molecule has 0 aliphatic carbocycles. The van der Waals surface area contributed by atoms with Gasteiger partial charge in [0.05, 0.1) is 22.3 Å². The van der Waals surface area contributed by atoms with Crippen LogP contribution in [-0.4, -0.2) is 39.3 Å². The van der Waals surface area contributed by atoms with E-state index in [-0.39, 0.29) is 29.7 Å². The summed E-state index contributed by atoms with van der Waals surface area (Å²) in [6.07, 6.45) is -5.10. The molecule has 2 atom stereocenters. The highest BCUT2D eigenvalue weighted by atomic mass is 32.2. The van der Waals surface area contributed by atoms with Gasteiger partial charge in [0.1, 0.15) is 6.61 Å². The predicted octanol–water partition coefficient (Wildman–Crippen LogP) is 1.63. The van der Waals surface area contributed by atoms with Gasteiger partial charge in [-0.25, -0.2) is 8.42 Å². The third-order valence-electron chi connectivity index (χ3n) is 3.57. The van der Waals surface area contributed by atoms with Crippen LogP contribution in [0.3, 0.4) is 0 Å². The number of morpholine rings is 1. The normalized spacial score (nSPS) is 20.9. The number of rotatable bonds is 4. The lowest BCUT2D eigenvalue weighted by atomic mass is 10.1. The molecule has 1 saturated heterocycles. The lowest BCUT2D eigenvalue weighted by Crippen LogP contribution is -2.46. The van der Waals surface area contributed by atoms with Crippen LogP contribution in [0.1, 0.15) is 12.5 Å². The summed E-state index contributed by atoms with van der Waals surface area (Å²) in [6, 6.07) is 3.66. The van der Waals surface area contributed by atoms with Crippen LogP contribution in [-0.2, 0) is 25.5 Å². The van der Waals surface area contributed by atoms with E-state index in [0.717, 1.165) is 18.2 Å². The fourth-order valence-electron chi connectivity index (χ4n) is 2.29. The monoisotopic (exact) mass is 351 g/mol. The summed E-state index contributed by atoms with van der Waals surface area (Å²) in [5.41, 5.74) is -1.01. The first kappa shape index (κ1) is 17.7. The average molecular weight is 351 g/mol. The largest absolute Gasteiger partial charge is 0.416 e. The first-order valence-electron chi connectivity index (χ1n) is 6.88. The zero-order valence-electron chi connectivity index (χ0n) is 12.3. The van der Waals surface area contributed by atoms with Crippen molar-refractivity contribution in [3.63, 3.8) is 0 Å². The molecule has 9 heteroatoms. The zero-order chi connectivity index (χ0) is 17.3. The summed E-state index contributed by atoms with van der Waals surface area (Å²) in [5.74, 6) is -1.13. The van der Waals surface area contributed by atoms with Crippen LogP contribution in [0, 0.1) is 5.92 Å². The molecule has 128 valence electrons. The van der Waals surface area contributed by atoms with Gasteiger partial charge in [0.2, 0.25) is 5.91 Å². The van der Waals surface area contributed by atoms with Crippen molar-refractivity contribution < 1.29 is 31.1 Å². The molecule has 1 aromatic rings. The number of carbonyl (C=O) groups excluding carboxylic acids is 1. The SMILES string of the molecule is CC(CS(=O)(=O)c1cccc(C(F)(F)F)c1)C1CNC(=O)CO1. The Balaban J connectivity index is 2.14. The molecule has 5 nitrogen and oxygen atoms in total. The van der Waals surface area contributed by atoms with Gasteiger partial charge in [-0.2, -0.15) is 13.2 Å². The first-order valence-corrected chi connectivity index (χ1v) is 8.53. The Labute approximate surface area is 131 Å². The minimum atomic E-state index is -4.60. The Morgan fingerprint density at radius 1 is 1.39 bits per heavy atom. The molecule has 2 rings (SSSR count). The van der Waals surface area contributed by atoms with Gasteiger partial charge >= 0.3 is 6.18 Å². The minimum absolute atomic E-state index is 0.154. The fraction of sp³-hybridized carbons (Fsp3) is 0.500. The fourth-order valence-corrected chi connectivity index (χ4v) is 3.98. The van der Waals surface area contributed by atoms with Crippen LogP contribution < -0.4 is 5.32 Å². The maximum Gasteiger partial charge on any atom is 0.416 e. The second-order valence-electron chi connectivity index (χ2n) is 5.44. The number of amides is 1. The molecule has 0 saturated carbocycles. The Morgan fingerprint density at radius 2 is 2.09 bits per heavy atom. The maximum atomic E-state index is 12.7. The van der Waals surface area contributed by atoms with Crippen molar-refractivity contribution in [1.82, 2.24) is 5.32 Å². The average Bonchev–Trinajstić information content (AvgIpc) is 2.46. The summed E-state index contributed by atoms with van der Waals surface area (Å²) in [7, 11) is -3.90. The molecule has 1 heterocycles. The van der Waals surface area contributed by atoms with Crippen LogP contribution in [0.5, 0.6) is 0 Å². The number of alkyl halides is 3. The second kappa shape index (κ2) is 6.48. The van der Waals surface area contributed by atoms with Gasteiger partial charge in [-0.3, -0.25) is 4.79 Å². The van der Waals surface area contributed by atoms with E-state index in [4.69, 9.17) is 4.74 Å². The smallest absolute Gasteiger partial charge is 0.366 e. The van der Waals surface area contributed by atoms with Crippen molar-refractivity contribution in [2.24, 2.45) is 5.92 Å². The topological polar surface area (TPSA) is 72.5 Å². The number of nitrogens with one attached hydrogen (secondary N) is 1. The van der Waals surface area contributed by atoms with Gasteiger partial charge in [-0.05, 0) is 24.1 Å². The van der Waals surface area contributed by atoms with Crippen molar-refractivity contribution in [3.8, 4) is 0 Å².